The van der Waals surface area contributed by atoms with E-state index in [0.717, 1.165) is 6.29 Å². The Kier molecular flexibility index (Phi) is 7.14. The minimum atomic E-state index is -2.77. The third-order valence-electron chi connectivity index (χ3n) is 6.72. The summed E-state index contributed by atoms with van der Waals surface area (Å²) < 4.78 is 31.8. The molecule has 2 aliphatic rings. The zero-order valence-corrected chi connectivity index (χ0v) is 22.8. The molecule has 0 unspecified atom stereocenters. The molecule has 0 radical (unpaired) electrons. The summed E-state index contributed by atoms with van der Waals surface area (Å²) in [6, 6.07) is 21.0. The summed E-state index contributed by atoms with van der Waals surface area (Å²) in [5, 5.41) is 2.22. The minimum Gasteiger partial charge on any atom is -0.405 e. The molecule has 0 aromatic heterocycles. The monoisotopic (exact) mass is 498 g/mol. The van der Waals surface area contributed by atoms with Crippen molar-refractivity contribution in [1.82, 2.24) is 0 Å². The lowest BCUT2D eigenvalue weighted by atomic mass is 9.98. The third kappa shape index (κ3) is 5.17. The van der Waals surface area contributed by atoms with Gasteiger partial charge in [-0.2, -0.15) is 0 Å². The summed E-state index contributed by atoms with van der Waals surface area (Å²) in [5.74, 6) is -1.87. The maximum atomic E-state index is 11.9. The standard InChI is InChI=1S/C28H38O6Si/c1-26(2,3)35(20-14-10-8-11-15-20,21-16-12-9-13-17-21)30-19-23-25-24(33-28(6,7)32-23)22(18-29)31-27(4,5)34-25/h8-18,22-25H,19H2,1-7H3/t22-,23-,24-,25-/m1/s1. The molecule has 0 bridgehead atoms. The van der Waals surface area contributed by atoms with Crippen LogP contribution in [0.3, 0.4) is 0 Å². The number of ether oxygens (including phenoxy) is 4. The Morgan fingerprint density at radius 2 is 1.29 bits per heavy atom. The molecule has 2 aliphatic heterocycles. The Balaban J connectivity index is 1.74. The number of hydrogen-bond donors (Lipinski definition) is 0. The van der Waals surface area contributed by atoms with Crippen LogP contribution < -0.4 is 10.4 Å². The molecule has 0 amide bonds. The smallest absolute Gasteiger partial charge is 0.261 e. The van der Waals surface area contributed by atoms with E-state index >= 15 is 0 Å². The lowest BCUT2D eigenvalue weighted by molar-refractivity contribution is -0.417. The zero-order valence-electron chi connectivity index (χ0n) is 21.8. The maximum absolute atomic E-state index is 11.9. The van der Waals surface area contributed by atoms with Crippen LogP contribution in [0.5, 0.6) is 0 Å². The van der Waals surface area contributed by atoms with Gasteiger partial charge >= 0.3 is 0 Å². The van der Waals surface area contributed by atoms with Crippen LogP contribution in [0.2, 0.25) is 5.04 Å². The van der Waals surface area contributed by atoms with Crippen molar-refractivity contribution in [1.29, 1.82) is 0 Å². The summed E-state index contributed by atoms with van der Waals surface area (Å²) in [5.41, 5.74) is 0. The van der Waals surface area contributed by atoms with Crippen LogP contribution in [0.4, 0.5) is 0 Å². The van der Waals surface area contributed by atoms with Crippen molar-refractivity contribution in [2.75, 3.05) is 6.61 Å². The molecule has 0 N–H and O–H groups in total. The van der Waals surface area contributed by atoms with Gasteiger partial charge in [-0.25, -0.2) is 0 Å². The highest BCUT2D eigenvalue weighted by atomic mass is 28.4. The van der Waals surface area contributed by atoms with Crippen molar-refractivity contribution in [3.63, 3.8) is 0 Å². The van der Waals surface area contributed by atoms with Gasteiger partial charge in [-0.15, -0.1) is 0 Å². The second-order valence-corrected chi connectivity index (χ2v) is 15.6. The predicted octanol–water partition coefficient (Wildman–Crippen LogP) is 3.80. The topological polar surface area (TPSA) is 63.2 Å². The van der Waals surface area contributed by atoms with Gasteiger partial charge in [-0.3, -0.25) is 0 Å². The molecule has 0 spiro atoms. The van der Waals surface area contributed by atoms with E-state index in [1.807, 2.05) is 26.0 Å². The van der Waals surface area contributed by atoms with Crippen LogP contribution in [0, 0.1) is 0 Å². The number of benzene rings is 2. The van der Waals surface area contributed by atoms with Gasteiger partial charge in [0.1, 0.15) is 24.4 Å². The first-order chi connectivity index (χ1) is 16.4. The normalized spacial score (nSPS) is 28.2. The molecule has 0 saturated carbocycles. The first-order valence-electron chi connectivity index (χ1n) is 12.3. The second kappa shape index (κ2) is 9.54. The highest BCUT2D eigenvalue weighted by molar-refractivity contribution is 6.99. The minimum absolute atomic E-state index is 0.170. The van der Waals surface area contributed by atoms with Gasteiger partial charge < -0.3 is 28.2 Å². The summed E-state index contributed by atoms with van der Waals surface area (Å²) >= 11 is 0. The fourth-order valence-corrected chi connectivity index (χ4v) is 9.99. The molecule has 4 atom stereocenters. The van der Waals surface area contributed by atoms with E-state index in [1.54, 1.807) is 13.8 Å². The summed E-state index contributed by atoms with van der Waals surface area (Å²) in [4.78, 5) is 11.9. The Morgan fingerprint density at radius 3 is 1.77 bits per heavy atom. The van der Waals surface area contributed by atoms with Crippen molar-refractivity contribution in [3.8, 4) is 0 Å². The van der Waals surface area contributed by atoms with Crippen molar-refractivity contribution < 1.29 is 28.2 Å². The van der Waals surface area contributed by atoms with Gasteiger partial charge in [-0.1, -0.05) is 81.4 Å². The van der Waals surface area contributed by atoms with E-state index in [1.165, 1.54) is 10.4 Å². The van der Waals surface area contributed by atoms with Gasteiger partial charge in [0, 0.05) is 0 Å². The third-order valence-corrected chi connectivity index (χ3v) is 11.7. The Hall–Kier alpha value is -1.87. The fourth-order valence-electron chi connectivity index (χ4n) is 5.42. The van der Waals surface area contributed by atoms with Gasteiger partial charge in [0.05, 0.1) is 6.61 Å². The molecule has 2 heterocycles. The largest absolute Gasteiger partial charge is 0.405 e. The number of rotatable bonds is 6. The molecule has 0 aliphatic carbocycles. The van der Waals surface area contributed by atoms with Gasteiger partial charge in [-0.05, 0) is 43.1 Å². The van der Waals surface area contributed by atoms with Crippen molar-refractivity contribution in [3.05, 3.63) is 60.7 Å². The van der Waals surface area contributed by atoms with E-state index < -0.39 is 44.3 Å². The molecule has 2 saturated heterocycles. The average molecular weight is 499 g/mol. The van der Waals surface area contributed by atoms with E-state index in [2.05, 4.69) is 69.3 Å². The number of aldehydes is 1. The molecule has 2 aromatic rings. The first-order valence-corrected chi connectivity index (χ1v) is 14.2. The van der Waals surface area contributed by atoms with Crippen LogP contribution >= 0.6 is 0 Å². The SMILES string of the molecule is CC1(C)O[C@H]2[C@H](OC(C)(C)O[C@@H]2CO[Si](c2ccccc2)(c2ccccc2)C(C)(C)C)[C@@H](C=O)O1. The van der Waals surface area contributed by atoms with Crippen molar-refractivity contribution in [2.24, 2.45) is 0 Å². The number of hydrogen-bond acceptors (Lipinski definition) is 6. The lowest BCUT2D eigenvalue weighted by Crippen LogP contribution is -2.70. The zero-order chi connectivity index (χ0) is 25.5. The number of fused-ring (bicyclic) bond motifs is 1. The summed E-state index contributed by atoms with van der Waals surface area (Å²) in [6.07, 6.45) is -1.50. The molecule has 6 nitrogen and oxygen atoms in total. The maximum Gasteiger partial charge on any atom is 0.261 e. The molecular formula is C28H38O6Si. The lowest BCUT2D eigenvalue weighted by Gasteiger charge is -2.53. The Bertz CT molecular complexity index is 962. The molecule has 190 valence electrons. The van der Waals surface area contributed by atoms with Crippen molar-refractivity contribution in [2.45, 2.75) is 89.5 Å². The average Bonchev–Trinajstić information content (AvgIpc) is 2.79. The van der Waals surface area contributed by atoms with Crippen LogP contribution in [0.25, 0.3) is 0 Å². The van der Waals surface area contributed by atoms with E-state index in [0.29, 0.717) is 6.61 Å². The fraction of sp³-hybridized carbons (Fsp3) is 0.536. The van der Waals surface area contributed by atoms with E-state index in [-0.39, 0.29) is 5.04 Å². The quantitative estimate of drug-likeness (QED) is 0.446. The van der Waals surface area contributed by atoms with Gasteiger partial charge in [0.15, 0.2) is 17.9 Å². The van der Waals surface area contributed by atoms with Crippen LogP contribution in [0.15, 0.2) is 60.7 Å². The van der Waals surface area contributed by atoms with Crippen LogP contribution in [-0.4, -0.2) is 57.2 Å². The predicted molar refractivity (Wildman–Crippen MR) is 137 cm³/mol. The molecule has 7 heteroatoms. The molecule has 2 fully saturated rings. The number of carbonyl (C=O) groups is 1. The first kappa shape index (κ1) is 26.2. The molecular weight excluding hydrogens is 460 g/mol. The Morgan fingerprint density at radius 1 is 0.800 bits per heavy atom. The summed E-state index contributed by atoms with van der Waals surface area (Å²) in [6.45, 7) is 14.3. The highest BCUT2D eigenvalue weighted by Crippen LogP contribution is 2.40. The molecule has 4 rings (SSSR count). The highest BCUT2D eigenvalue weighted by Gasteiger charge is 2.56. The van der Waals surface area contributed by atoms with Crippen molar-refractivity contribution >= 4 is 25.0 Å². The molecule has 2 aromatic carbocycles. The van der Waals surface area contributed by atoms with Gasteiger partial charge in [0.2, 0.25) is 0 Å². The van der Waals surface area contributed by atoms with E-state index in [4.69, 9.17) is 23.4 Å². The number of carbonyl (C=O) groups excluding carboxylic acids is 1. The van der Waals surface area contributed by atoms with Crippen LogP contribution in [0.1, 0.15) is 48.5 Å². The second-order valence-electron chi connectivity index (χ2n) is 11.3. The van der Waals surface area contributed by atoms with Gasteiger partial charge in [0.25, 0.3) is 8.32 Å². The Labute approximate surface area is 210 Å². The molecule has 35 heavy (non-hydrogen) atoms. The summed E-state index contributed by atoms with van der Waals surface area (Å²) in [7, 11) is -2.77. The van der Waals surface area contributed by atoms with Crippen LogP contribution in [-0.2, 0) is 28.2 Å². The van der Waals surface area contributed by atoms with E-state index in [9.17, 15) is 4.79 Å².